The van der Waals surface area contributed by atoms with E-state index >= 15 is 0 Å². The summed E-state index contributed by atoms with van der Waals surface area (Å²) in [6, 6.07) is 19.7. The average molecular weight is 354 g/mol. The summed E-state index contributed by atoms with van der Waals surface area (Å²) in [4.78, 5) is 18.7. The van der Waals surface area contributed by atoms with Gasteiger partial charge in [0.05, 0.1) is 6.54 Å². The van der Waals surface area contributed by atoms with Gasteiger partial charge in [-0.2, -0.15) is 0 Å². The molecule has 0 fully saturated rings. The van der Waals surface area contributed by atoms with Gasteiger partial charge < -0.3 is 10.6 Å². The minimum atomic E-state index is -0.182. The molecular formula is C20H20ClN3O. The maximum absolute atomic E-state index is 12.5. The van der Waals surface area contributed by atoms with E-state index in [1.807, 2.05) is 60.7 Å². The van der Waals surface area contributed by atoms with Crippen molar-refractivity contribution in [3.05, 3.63) is 83.1 Å². The molecule has 0 saturated heterocycles. The van der Waals surface area contributed by atoms with Crippen molar-refractivity contribution in [1.82, 2.24) is 4.90 Å². The van der Waals surface area contributed by atoms with Gasteiger partial charge in [-0.05, 0) is 17.5 Å². The standard InChI is InChI=1S/C20H20ClN3O/c21-19(23-13-15-7-3-1-4-8-15)17-11-12-24(20(25)18(17)22)14-16-9-5-2-6-10-16/h1-10H,11-14,22H2. The monoisotopic (exact) mass is 353 g/mol. The molecule has 25 heavy (non-hydrogen) atoms. The molecule has 128 valence electrons. The van der Waals surface area contributed by atoms with Crippen LogP contribution in [0.5, 0.6) is 0 Å². The maximum Gasteiger partial charge on any atom is 0.270 e. The van der Waals surface area contributed by atoms with Gasteiger partial charge in [0.25, 0.3) is 5.91 Å². The molecule has 0 unspecified atom stereocenters. The SMILES string of the molecule is NC1=C(C(Cl)=NCc2ccccc2)CCN(Cc2ccccc2)C1=O. The molecule has 1 aliphatic heterocycles. The van der Waals surface area contributed by atoms with Crippen LogP contribution in [0.2, 0.25) is 0 Å². The fourth-order valence-electron chi connectivity index (χ4n) is 2.79. The topological polar surface area (TPSA) is 58.7 Å². The molecule has 3 rings (SSSR count). The van der Waals surface area contributed by atoms with Crippen molar-refractivity contribution in [1.29, 1.82) is 0 Å². The van der Waals surface area contributed by atoms with E-state index in [0.717, 1.165) is 11.1 Å². The van der Waals surface area contributed by atoms with Crippen LogP contribution in [-0.4, -0.2) is 22.5 Å². The van der Waals surface area contributed by atoms with Crippen LogP contribution in [0.3, 0.4) is 0 Å². The second kappa shape index (κ2) is 7.99. The van der Waals surface area contributed by atoms with E-state index in [1.54, 1.807) is 4.90 Å². The highest BCUT2D eigenvalue weighted by Gasteiger charge is 2.26. The highest BCUT2D eigenvalue weighted by Crippen LogP contribution is 2.21. The molecule has 0 radical (unpaired) electrons. The van der Waals surface area contributed by atoms with Crippen LogP contribution in [0.15, 0.2) is 76.9 Å². The van der Waals surface area contributed by atoms with E-state index in [4.69, 9.17) is 17.3 Å². The number of hydrogen-bond acceptors (Lipinski definition) is 3. The van der Waals surface area contributed by atoms with Gasteiger partial charge in [0.1, 0.15) is 10.9 Å². The van der Waals surface area contributed by atoms with Gasteiger partial charge in [-0.3, -0.25) is 9.79 Å². The minimum absolute atomic E-state index is 0.182. The van der Waals surface area contributed by atoms with Crippen LogP contribution in [0.4, 0.5) is 0 Å². The lowest BCUT2D eigenvalue weighted by Crippen LogP contribution is -2.40. The third-order valence-electron chi connectivity index (χ3n) is 4.18. The van der Waals surface area contributed by atoms with E-state index < -0.39 is 0 Å². The zero-order valence-electron chi connectivity index (χ0n) is 13.9. The maximum atomic E-state index is 12.5. The number of carbonyl (C=O) groups is 1. The molecule has 1 amide bonds. The quantitative estimate of drug-likeness (QED) is 0.837. The minimum Gasteiger partial charge on any atom is -0.394 e. The van der Waals surface area contributed by atoms with Crippen molar-refractivity contribution >= 4 is 22.7 Å². The van der Waals surface area contributed by atoms with Crippen molar-refractivity contribution in [2.45, 2.75) is 19.5 Å². The number of carbonyl (C=O) groups excluding carboxylic acids is 1. The fraction of sp³-hybridized carbons (Fsp3) is 0.200. The molecule has 0 atom stereocenters. The van der Waals surface area contributed by atoms with Crippen LogP contribution in [-0.2, 0) is 17.9 Å². The zero-order valence-corrected chi connectivity index (χ0v) is 14.6. The molecule has 0 spiro atoms. The molecule has 4 nitrogen and oxygen atoms in total. The molecule has 1 aliphatic rings. The first kappa shape index (κ1) is 17.2. The van der Waals surface area contributed by atoms with E-state index in [0.29, 0.717) is 36.8 Å². The smallest absolute Gasteiger partial charge is 0.270 e. The number of amides is 1. The molecule has 2 N–H and O–H groups in total. The predicted octanol–water partition coefficient (Wildman–Crippen LogP) is 3.47. The number of aliphatic imine (C=N–C) groups is 1. The molecule has 0 bridgehead atoms. The molecule has 2 aromatic carbocycles. The average Bonchev–Trinajstić information content (AvgIpc) is 2.65. The largest absolute Gasteiger partial charge is 0.394 e. The summed E-state index contributed by atoms with van der Waals surface area (Å²) < 4.78 is 0. The van der Waals surface area contributed by atoms with Gasteiger partial charge >= 0.3 is 0 Å². The van der Waals surface area contributed by atoms with Crippen LogP contribution in [0.25, 0.3) is 0 Å². The Bertz CT molecular complexity index is 800. The lowest BCUT2D eigenvalue weighted by atomic mass is 10.0. The van der Waals surface area contributed by atoms with Gasteiger partial charge in [-0.25, -0.2) is 0 Å². The number of benzene rings is 2. The van der Waals surface area contributed by atoms with Crippen molar-refractivity contribution in [2.24, 2.45) is 10.7 Å². The molecule has 5 heteroatoms. The summed E-state index contributed by atoms with van der Waals surface area (Å²) >= 11 is 6.32. The number of halogens is 1. The third-order valence-corrected chi connectivity index (χ3v) is 4.53. The Hall–Kier alpha value is -2.59. The summed E-state index contributed by atoms with van der Waals surface area (Å²) in [6.45, 7) is 1.60. The summed E-state index contributed by atoms with van der Waals surface area (Å²) in [7, 11) is 0. The fourth-order valence-corrected chi connectivity index (χ4v) is 3.05. The molecule has 1 heterocycles. The number of nitrogens with two attached hydrogens (primary N) is 1. The number of hydrogen-bond donors (Lipinski definition) is 1. The summed E-state index contributed by atoms with van der Waals surface area (Å²) in [6.07, 6.45) is 0.613. The first-order valence-electron chi connectivity index (χ1n) is 8.21. The molecule has 0 aliphatic carbocycles. The molecule has 2 aromatic rings. The second-order valence-electron chi connectivity index (χ2n) is 5.95. The summed E-state index contributed by atoms with van der Waals surface area (Å²) in [5.74, 6) is -0.182. The Morgan fingerprint density at radius 3 is 2.28 bits per heavy atom. The van der Waals surface area contributed by atoms with Crippen molar-refractivity contribution < 1.29 is 4.79 Å². The van der Waals surface area contributed by atoms with Crippen LogP contribution in [0.1, 0.15) is 17.5 Å². The van der Waals surface area contributed by atoms with Crippen molar-refractivity contribution in [3.63, 3.8) is 0 Å². The van der Waals surface area contributed by atoms with Gasteiger partial charge in [-0.15, -0.1) is 0 Å². The lowest BCUT2D eigenvalue weighted by molar-refractivity contribution is -0.128. The summed E-state index contributed by atoms with van der Waals surface area (Å²) in [5.41, 5.74) is 9.05. The Kier molecular flexibility index (Phi) is 5.51. The van der Waals surface area contributed by atoms with Crippen LogP contribution < -0.4 is 5.73 Å². The van der Waals surface area contributed by atoms with E-state index in [2.05, 4.69) is 4.99 Å². The van der Waals surface area contributed by atoms with E-state index in [9.17, 15) is 4.79 Å². The lowest BCUT2D eigenvalue weighted by Gasteiger charge is -2.28. The Labute approximate surface area is 152 Å². The zero-order chi connectivity index (χ0) is 17.6. The Balaban J connectivity index is 1.71. The highest BCUT2D eigenvalue weighted by molar-refractivity contribution is 6.69. The van der Waals surface area contributed by atoms with Crippen LogP contribution >= 0.6 is 11.6 Å². The predicted molar refractivity (Wildman–Crippen MR) is 101 cm³/mol. The van der Waals surface area contributed by atoms with Crippen molar-refractivity contribution in [3.8, 4) is 0 Å². The van der Waals surface area contributed by atoms with Gasteiger partial charge in [0.2, 0.25) is 0 Å². The van der Waals surface area contributed by atoms with Crippen LogP contribution in [0, 0.1) is 0 Å². The molecule has 0 aromatic heterocycles. The Morgan fingerprint density at radius 2 is 1.64 bits per heavy atom. The van der Waals surface area contributed by atoms with Gasteiger partial charge in [0.15, 0.2) is 0 Å². The molecule has 0 saturated carbocycles. The number of nitrogens with zero attached hydrogens (tertiary/aromatic N) is 2. The first-order valence-corrected chi connectivity index (χ1v) is 8.59. The highest BCUT2D eigenvalue weighted by atomic mass is 35.5. The van der Waals surface area contributed by atoms with Crippen molar-refractivity contribution in [2.75, 3.05) is 6.54 Å². The van der Waals surface area contributed by atoms with Gasteiger partial charge in [-0.1, -0.05) is 72.3 Å². The second-order valence-corrected chi connectivity index (χ2v) is 6.31. The van der Waals surface area contributed by atoms with E-state index in [1.165, 1.54) is 0 Å². The van der Waals surface area contributed by atoms with Gasteiger partial charge in [0, 0.05) is 18.7 Å². The van der Waals surface area contributed by atoms with E-state index in [-0.39, 0.29) is 11.6 Å². The number of rotatable bonds is 5. The first-order chi connectivity index (χ1) is 12.1. The molecular weight excluding hydrogens is 334 g/mol. The summed E-state index contributed by atoms with van der Waals surface area (Å²) in [5, 5.41) is 0.328. The third kappa shape index (κ3) is 4.28. The normalized spacial score (nSPS) is 15.6. The Morgan fingerprint density at radius 1 is 1.04 bits per heavy atom.